The number of halogens is 1. The number of amides is 2. The van der Waals surface area contributed by atoms with Crippen LogP contribution >= 0.6 is 11.3 Å². The molecule has 2 aliphatic rings. The van der Waals surface area contributed by atoms with Gasteiger partial charge in [0.2, 0.25) is 6.41 Å². The van der Waals surface area contributed by atoms with Gasteiger partial charge in [-0.2, -0.15) is 0 Å². The number of hydrogen-bond acceptors (Lipinski definition) is 7. The summed E-state index contributed by atoms with van der Waals surface area (Å²) >= 11 is 1.30. The van der Waals surface area contributed by atoms with Gasteiger partial charge in [-0.1, -0.05) is 25.1 Å². The average Bonchev–Trinajstić information content (AvgIpc) is 3.47. The lowest BCUT2D eigenvalue weighted by Gasteiger charge is -2.33. The molecule has 0 radical (unpaired) electrons. The molecule has 1 fully saturated rings. The van der Waals surface area contributed by atoms with Crippen LogP contribution < -0.4 is 20.1 Å². The average molecular weight is 606 g/mol. The molecule has 8 nitrogen and oxygen atoms in total. The number of aliphatic hydroxyl groups is 1. The monoisotopic (exact) mass is 605 g/mol. The van der Waals surface area contributed by atoms with Crippen molar-refractivity contribution in [1.82, 2.24) is 4.90 Å². The Kier molecular flexibility index (Phi) is 9.91. The number of aliphatic hydroxyl groups excluding tert-OH is 1. The van der Waals surface area contributed by atoms with Crippen molar-refractivity contribution in [1.29, 1.82) is 0 Å². The number of piperidine rings is 1. The first-order chi connectivity index (χ1) is 20.8. The van der Waals surface area contributed by atoms with E-state index in [1.54, 1.807) is 6.07 Å². The van der Waals surface area contributed by atoms with E-state index in [0.29, 0.717) is 30.2 Å². The summed E-state index contributed by atoms with van der Waals surface area (Å²) in [6.07, 6.45) is 1.90. The van der Waals surface area contributed by atoms with Gasteiger partial charge in [0.15, 0.2) is 11.5 Å². The minimum atomic E-state index is -0.588. The molecule has 0 saturated carbocycles. The molecule has 3 heterocycles. The molecule has 2 amide bonds. The zero-order valence-corrected chi connectivity index (χ0v) is 25.1. The number of ether oxygens (including phenoxy) is 2. The predicted molar refractivity (Wildman–Crippen MR) is 168 cm³/mol. The fourth-order valence-corrected chi connectivity index (χ4v) is 6.32. The number of carbonyl (C=O) groups excluding carboxylic acids is 2. The van der Waals surface area contributed by atoms with E-state index in [0.717, 1.165) is 59.6 Å². The highest BCUT2D eigenvalue weighted by atomic mass is 32.1. The third-order valence-corrected chi connectivity index (χ3v) is 8.87. The van der Waals surface area contributed by atoms with Gasteiger partial charge >= 0.3 is 0 Å². The van der Waals surface area contributed by atoms with Crippen LogP contribution in [0, 0.1) is 18.7 Å². The molecule has 43 heavy (non-hydrogen) atoms. The van der Waals surface area contributed by atoms with Crippen molar-refractivity contribution < 1.29 is 28.6 Å². The summed E-state index contributed by atoms with van der Waals surface area (Å²) in [5.74, 6) is 0.948. The lowest BCUT2D eigenvalue weighted by atomic mass is 9.87. The van der Waals surface area contributed by atoms with Gasteiger partial charge in [0.1, 0.15) is 19.0 Å². The van der Waals surface area contributed by atoms with Gasteiger partial charge in [-0.05, 0) is 104 Å². The Morgan fingerprint density at radius 3 is 2.58 bits per heavy atom. The molecule has 3 aromatic carbocycles. The molecule has 1 atom stereocenters. The minimum absolute atomic E-state index is 0.00570. The molecule has 4 aromatic rings. The number of nitrogens with zero attached hydrogens (tertiary/aromatic N) is 1. The van der Waals surface area contributed by atoms with E-state index in [1.807, 2.05) is 43.3 Å². The summed E-state index contributed by atoms with van der Waals surface area (Å²) in [7, 11) is 0. The smallest absolute Gasteiger partial charge is 0.265 e. The number of hydrogen-bond donors (Lipinski definition) is 3. The van der Waals surface area contributed by atoms with Crippen LogP contribution in [0.4, 0.5) is 15.8 Å². The molecule has 0 aliphatic carbocycles. The van der Waals surface area contributed by atoms with Crippen LogP contribution in [-0.2, 0) is 4.79 Å². The Hall–Kier alpha value is -3.99. The Labute approximate surface area is 254 Å². The molecule has 1 unspecified atom stereocenters. The Balaban J connectivity index is 0.000000279. The van der Waals surface area contributed by atoms with Gasteiger partial charge < -0.3 is 30.1 Å². The Morgan fingerprint density at radius 1 is 1.07 bits per heavy atom. The molecular weight excluding hydrogens is 569 g/mol. The molecule has 1 saturated heterocycles. The van der Waals surface area contributed by atoms with Crippen molar-refractivity contribution in [2.75, 3.05) is 43.5 Å². The number of aryl methyl sites for hydroxylation is 1. The second kappa shape index (κ2) is 14.0. The SMILES string of the molecule is CCN1CCC(C(O)c2ccc3cc(C(=O)Nc4cc(NC=O)ccc4F)sc3c2)CC1.Cc1ccc2c(c1)OCCO2. The molecule has 0 bridgehead atoms. The fraction of sp³-hybridized carbons (Fsp3) is 0.333. The zero-order valence-electron chi connectivity index (χ0n) is 24.3. The van der Waals surface area contributed by atoms with Crippen molar-refractivity contribution in [2.45, 2.75) is 32.8 Å². The van der Waals surface area contributed by atoms with E-state index >= 15 is 0 Å². The van der Waals surface area contributed by atoms with Crippen molar-refractivity contribution in [3.8, 4) is 11.5 Å². The van der Waals surface area contributed by atoms with E-state index in [4.69, 9.17) is 9.47 Å². The van der Waals surface area contributed by atoms with E-state index < -0.39 is 17.8 Å². The van der Waals surface area contributed by atoms with Crippen LogP contribution in [0.5, 0.6) is 11.5 Å². The Morgan fingerprint density at radius 2 is 1.84 bits per heavy atom. The number of rotatable bonds is 7. The highest BCUT2D eigenvalue weighted by molar-refractivity contribution is 7.20. The van der Waals surface area contributed by atoms with E-state index in [9.17, 15) is 19.1 Å². The maximum atomic E-state index is 14.1. The normalized spacial score (nSPS) is 15.7. The standard InChI is InChI=1S/C24H26FN3O3S.C9H10O2/c1-2-28-9-7-15(8-10-28)23(30)17-4-3-16-11-22(32-21(16)12-17)24(31)27-20-13-18(26-14-29)5-6-19(20)25;1-7-2-3-8-9(6-7)11-5-4-10-8/h3-6,11-15,23,30H,2,7-10H2,1H3,(H,26,29)(H,27,31);2-3,6H,4-5H2,1H3. The highest BCUT2D eigenvalue weighted by Gasteiger charge is 2.26. The minimum Gasteiger partial charge on any atom is -0.486 e. The van der Waals surface area contributed by atoms with Crippen LogP contribution in [0.3, 0.4) is 0 Å². The summed E-state index contributed by atoms with van der Waals surface area (Å²) in [6, 6.07) is 17.5. The summed E-state index contributed by atoms with van der Waals surface area (Å²) in [5, 5.41) is 16.8. The number of carbonyl (C=O) groups is 2. The number of anilines is 2. The zero-order chi connectivity index (χ0) is 30.3. The third-order valence-electron chi connectivity index (χ3n) is 7.77. The molecule has 10 heteroatoms. The van der Waals surface area contributed by atoms with Crippen molar-refractivity contribution in [2.24, 2.45) is 5.92 Å². The number of nitrogens with one attached hydrogen (secondary N) is 2. The van der Waals surface area contributed by atoms with Crippen molar-refractivity contribution in [3.05, 3.63) is 82.5 Å². The van der Waals surface area contributed by atoms with Gasteiger partial charge in [0.25, 0.3) is 5.91 Å². The first kappa shape index (κ1) is 30.5. The van der Waals surface area contributed by atoms with E-state index in [2.05, 4.69) is 22.5 Å². The van der Waals surface area contributed by atoms with Crippen LogP contribution in [0.15, 0.2) is 60.7 Å². The fourth-order valence-electron chi connectivity index (χ4n) is 5.31. The first-order valence-electron chi connectivity index (χ1n) is 14.5. The van der Waals surface area contributed by atoms with Crippen LogP contribution in [0.2, 0.25) is 0 Å². The molecular formula is C33H36FN3O5S. The maximum absolute atomic E-state index is 14.1. The third kappa shape index (κ3) is 7.51. The lowest BCUT2D eigenvalue weighted by molar-refractivity contribution is -0.105. The van der Waals surface area contributed by atoms with Gasteiger partial charge in [0, 0.05) is 10.4 Å². The molecule has 3 N–H and O–H groups in total. The molecule has 0 spiro atoms. The van der Waals surface area contributed by atoms with Gasteiger partial charge in [-0.15, -0.1) is 11.3 Å². The summed E-state index contributed by atoms with van der Waals surface area (Å²) in [4.78, 5) is 26.2. The molecule has 6 rings (SSSR count). The second-order valence-corrected chi connectivity index (χ2v) is 11.8. The first-order valence-corrected chi connectivity index (χ1v) is 15.3. The predicted octanol–water partition coefficient (Wildman–Crippen LogP) is 6.39. The summed E-state index contributed by atoms with van der Waals surface area (Å²) < 4.78 is 25.7. The largest absolute Gasteiger partial charge is 0.486 e. The molecule has 2 aliphatic heterocycles. The molecule has 226 valence electrons. The lowest BCUT2D eigenvalue weighted by Crippen LogP contribution is -2.35. The van der Waals surface area contributed by atoms with Crippen LogP contribution in [0.25, 0.3) is 10.1 Å². The van der Waals surface area contributed by atoms with E-state index in [-0.39, 0.29) is 11.6 Å². The number of likely N-dealkylation sites (tertiary alicyclic amines) is 1. The Bertz CT molecular complexity index is 1580. The highest BCUT2D eigenvalue weighted by Crippen LogP contribution is 2.35. The summed E-state index contributed by atoms with van der Waals surface area (Å²) in [6.45, 7) is 8.57. The molecule has 1 aromatic heterocycles. The van der Waals surface area contributed by atoms with Gasteiger partial charge in [-0.3, -0.25) is 9.59 Å². The van der Waals surface area contributed by atoms with Gasteiger partial charge in [-0.25, -0.2) is 4.39 Å². The van der Waals surface area contributed by atoms with Crippen molar-refractivity contribution in [3.63, 3.8) is 0 Å². The maximum Gasteiger partial charge on any atom is 0.265 e. The van der Waals surface area contributed by atoms with Crippen molar-refractivity contribution >= 4 is 45.1 Å². The van der Waals surface area contributed by atoms with E-state index in [1.165, 1.54) is 35.1 Å². The number of thiophene rings is 1. The quantitative estimate of drug-likeness (QED) is 0.211. The number of benzene rings is 3. The number of fused-ring (bicyclic) bond motifs is 2. The summed E-state index contributed by atoms with van der Waals surface area (Å²) in [5.41, 5.74) is 2.44. The van der Waals surface area contributed by atoms with Gasteiger partial charge in [0.05, 0.1) is 16.7 Å². The van der Waals surface area contributed by atoms with Crippen LogP contribution in [0.1, 0.15) is 46.7 Å². The van der Waals surface area contributed by atoms with Crippen LogP contribution in [-0.4, -0.2) is 55.2 Å². The second-order valence-electron chi connectivity index (χ2n) is 10.7. The topological polar surface area (TPSA) is 100 Å².